The molecule has 0 aliphatic heterocycles. The topological polar surface area (TPSA) is 25.8 Å². The van der Waals surface area contributed by atoms with Gasteiger partial charge in [0.15, 0.2) is 0 Å². The van der Waals surface area contributed by atoms with Crippen molar-refractivity contribution in [3.8, 4) is 0 Å². The van der Waals surface area contributed by atoms with E-state index < -0.39 is 0 Å². The molecule has 1 heterocycles. The van der Waals surface area contributed by atoms with Crippen LogP contribution in [-0.4, -0.2) is 15.2 Å². The highest BCUT2D eigenvalue weighted by Crippen LogP contribution is 2.27. The summed E-state index contributed by atoms with van der Waals surface area (Å²) >= 11 is 1.80. The van der Waals surface area contributed by atoms with E-state index in [4.69, 9.17) is 0 Å². The number of aromatic nitrogens is 2. The molecule has 1 aliphatic carbocycles. The van der Waals surface area contributed by atoms with Crippen molar-refractivity contribution in [3.05, 3.63) is 30.7 Å². The minimum atomic E-state index is 0.602. The molecule has 0 radical (unpaired) electrons. The first kappa shape index (κ1) is 8.75. The van der Waals surface area contributed by atoms with Gasteiger partial charge in [0.1, 0.15) is 5.03 Å². The smallest absolute Gasteiger partial charge is 0.115 e. The zero-order valence-electron chi connectivity index (χ0n) is 7.39. The second-order valence-electron chi connectivity index (χ2n) is 3.06. The van der Waals surface area contributed by atoms with E-state index in [1.54, 1.807) is 24.2 Å². The van der Waals surface area contributed by atoms with E-state index in [1.807, 2.05) is 6.20 Å². The molecule has 2 nitrogen and oxygen atoms in total. The molecule has 0 fully saturated rings. The molecule has 0 amide bonds. The Morgan fingerprint density at radius 3 is 3.08 bits per heavy atom. The van der Waals surface area contributed by atoms with E-state index in [0.29, 0.717) is 5.25 Å². The molecule has 68 valence electrons. The highest BCUT2D eigenvalue weighted by Gasteiger charge is 2.09. The number of thioether (sulfide) groups is 1. The summed E-state index contributed by atoms with van der Waals surface area (Å²) in [6.07, 6.45) is 13.6. The zero-order chi connectivity index (χ0) is 8.93. The van der Waals surface area contributed by atoms with Gasteiger partial charge in [0.25, 0.3) is 0 Å². The Balaban J connectivity index is 1.98. The van der Waals surface area contributed by atoms with Crippen LogP contribution in [-0.2, 0) is 0 Å². The van der Waals surface area contributed by atoms with Crippen molar-refractivity contribution >= 4 is 11.8 Å². The van der Waals surface area contributed by atoms with Gasteiger partial charge in [-0.15, -0.1) is 0 Å². The highest BCUT2D eigenvalue weighted by molar-refractivity contribution is 8.00. The minimum Gasteiger partial charge on any atom is -0.260 e. The lowest BCUT2D eigenvalue weighted by Crippen LogP contribution is -2.02. The van der Waals surface area contributed by atoms with Gasteiger partial charge >= 0.3 is 0 Å². The number of hydrogen-bond donors (Lipinski definition) is 0. The summed E-state index contributed by atoms with van der Waals surface area (Å²) in [4.78, 5) is 8.28. The lowest BCUT2D eigenvalue weighted by Gasteiger charge is -2.14. The first-order valence-corrected chi connectivity index (χ1v) is 5.42. The molecule has 13 heavy (non-hydrogen) atoms. The Morgan fingerprint density at radius 2 is 2.38 bits per heavy atom. The van der Waals surface area contributed by atoms with Crippen LogP contribution in [0.25, 0.3) is 0 Å². The fourth-order valence-corrected chi connectivity index (χ4v) is 2.41. The van der Waals surface area contributed by atoms with Crippen LogP contribution >= 0.6 is 11.8 Å². The summed E-state index contributed by atoms with van der Waals surface area (Å²) in [5, 5.41) is 1.63. The standard InChI is InChI=1S/C10H12N2S/c1-2-4-9(5-3-1)13-10-8-11-6-7-12-10/h2,4,6-9H,1,3,5H2. The molecule has 0 bridgehead atoms. The molecule has 0 N–H and O–H groups in total. The summed E-state index contributed by atoms with van der Waals surface area (Å²) in [6, 6.07) is 0. The van der Waals surface area contributed by atoms with E-state index >= 15 is 0 Å². The van der Waals surface area contributed by atoms with Crippen LogP contribution < -0.4 is 0 Å². The van der Waals surface area contributed by atoms with Crippen molar-refractivity contribution in [1.29, 1.82) is 0 Å². The van der Waals surface area contributed by atoms with Crippen LogP contribution in [0.2, 0.25) is 0 Å². The fraction of sp³-hybridized carbons (Fsp3) is 0.400. The third-order valence-corrected chi connectivity index (χ3v) is 3.17. The predicted octanol–water partition coefficient (Wildman–Crippen LogP) is 2.68. The van der Waals surface area contributed by atoms with Crippen molar-refractivity contribution in [2.75, 3.05) is 0 Å². The Morgan fingerprint density at radius 1 is 1.38 bits per heavy atom. The van der Waals surface area contributed by atoms with Gasteiger partial charge in [-0.05, 0) is 19.3 Å². The van der Waals surface area contributed by atoms with E-state index in [0.717, 1.165) is 5.03 Å². The molecule has 1 aromatic heterocycles. The van der Waals surface area contributed by atoms with Crippen molar-refractivity contribution in [2.45, 2.75) is 29.5 Å². The molecule has 0 saturated heterocycles. The average Bonchev–Trinajstić information content (AvgIpc) is 2.21. The average molecular weight is 192 g/mol. The Hall–Kier alpha value is -0.830. The summed E-state index contributed by atoms with van der Waals surface area (Å²) in [5.41, 5.74) is 0. The molecule has 0 spiro atoms. The molecule has 1 aliphatic rings. The molecule has 1 atom stereocenters. The van der Waals surface area contributed by atoms with Crippen LogP contribution in [0.5, 0.6) is 0 Å². The molecular weight excluding hydrogens is 180 g/mol. The van der Waals surface area contributed by atoms with E-state index in [1.165, 1.54) is 19.3 Å². The zero-order valence-corrected chi connectivity index (χ0v) is 8.20. The van der Waals surface area contributed by atoms with Crippen LogP contribution in [0.15, 0.2) is 35.8 Å². The van der Waals surface area contributed by atoms with Gasteiger partial charge in [-0.2, -0.15) is 0 Å². The predicted molar refractivity (Wildman–Crippen MR) is 54.7 cm³/mol. The number of allylic oxidation sites excluding steroid dienone is 1. The number of hydrogen-bond acceptors (Lipinski definition) is 3. The summed E-state index contributed by atoms with van der Waals surface area (Å²) < 4.78 is 0. The normalized spacial score (nSPS) is 21.7. The minimum absolute atomic E-state index is 0.602. The van der Waals surface area contributed by atoms with Crippen LogP contribution in [0.3, 0.4) is 0 Å². The Bertz CT molecular complexity index is 284. The van der Waals surface area contributed by atoms with Gasteiger partial charge in [-0.1, -0.05) is 23.9 Å². The van der Waals surface area contributed by atoms with Crippen LogP contribution in [0.4, 0.5) is 0 Å². The van der Waals surface area contributed by atoms with Crippen molar-refractivity contribution < 1.29 is 0 Å². The van der Waals surface area contributed by atoms with E-state index in [9.17, 15) is 0 Å². The quantitative estimate of drug-likeness (QED) is 0.674. The molecule has 2 rings (SSSR count). The van der Waals surface area contributed by atoms with Crippen molar-refractivity contribution in [2.24, 2.45) is 0 Å². The SMILES string of the molecule is C1=CC(Sc2cnccn2)CCC1. The first-order chi connectivity index (χ1) is 6.45. The monoisotopic (exact) mass is 192 g/mol. The third kappa shape index (κ3) is 2.56. The van der Waals surface area contributed by atoms with Gasteiger partial charge in [0.2, 0.25) is 0 Å². The fourth-order valence-electron chi connectivity index (χ4n) is 1.38. The molecular formula is C10H12N2S. The van der Waals surface area contributed by atoms with Gasteiger partial charge < -0.3 is 0 Å². The maximum atomic E-state index is 4.24. The Kier molecular flexibility index (Phi) is 2.98. The van der Waals surface area contributed by atoms with Gasteiger partial charge in [-0.25, -0.2) is 4.98 Å². The van der Waals surface area contributed by atoms with E-state index in [-0.39, 0.29) is 0 Å². The van der Waals surface area contributed by atoms with Gasteiger partial charge in [0, 0.05) is 17.6 Å². The lowest BCUT2D eigenvalue weighted by molar-refractivity contribution is 0.740. The summed E-state index contributed by atoms with van der Waals surface area (Å²) in [5.74, 6) is 0. The maximum absolute atomic E-state index is 4.24. The molecule has 0 aromatic carbocycles. The third-order valence-electron chi connectivity index (χ3n) is 2.02. The first-order valence-electron chi connectivity index (χ1n) is 4.54. The second-order valence-corrected chi connectivity index (χ2v) is 4.32. The number of nitrogens with zero attached hydrogens (tertiary/aromatic N) is 2. The molecule has 1 aromatic rings. The Labute approximate surface area is 82.5 Å². The molecule has 0 saturated carbocycles. The second kappa shape index (κ2) is 4.42. The van der Waals surface area contributed by atoms with Crippen LogP contribution in [0.1, 0.15) is 19.3 Å². The summed E-state index contributed by atoms with van der Waals surface area (Å²) in [7, 11) is 0. The highest BCUT2D eigenvalue weighted by atomic mass is 32.2. The van der Waals surface area contributed by atoms with E-state index in [2.05, 4.69) is 22.1 Å². The lowest BCUT2D eigenvalue weighted by atomic mass is 10.1. The van der Waals surface area contributed by atoms with Crippen molar-refractivity contribution in [3.63, 3.8) is 0 Å². The summed E-state index contributed by atoms with van der Waals surface area (Å²) in [6.45, 7) is 0. The number of rotatable bonds is 2. The van der Waals surface area contributed by atoms with Crippen molar-refractivity contribution in [1.82, 2.24) is 9.97 Å². The molecule has 3 heteroatoms. The molecule has 1 unspecified atom stereocenters. The maximum Gasteiger partial charge on any atom is 0.115 e. The van der Waals surface area contributed by atoms with Gasteiger partial charge in [0.05, 0.1) is 6.20 Å². The van der Waals surface area contributed by atoms with Crippen LogP contribution in [0, 0.1) is 0 Å². The van der Waals surface area contributed by atoms with Gasteiger partial charge in [-0.3, -0.25) is 4.98 Å². The largest absolute Gasteiger partial charge is 0.260 e.